The summed E-state index contributed by atoms with van der Waals surface area (Å²) in [6, 6.07) is 1.25. The highest BCUT2D eigenvalue weighted by Gasteiger charge is 2.24. The molecule has 1 aromatic heterocycles. The molecule has 0 amide bonds. The van der Waals surface area contributed by atoms with Crippen molar-refractivity contribution in [2.45, 2.75) is 84.8 Å². The van der Waals surface area contributed by atoms with Crippen LogP contribution in [0.1, 0.15) is 70.4 Å². The average molecular weight is 310 g/mol. The second-order valence-electron chi connectivity index (χ2n) is 6.38. The Labute approximate surface area is 134 Å². The molecule has 0 radical (unpaired) electrons. The third kappa shape index (κ3) is 4.43. The van der Waals surface area contributed by atoms with Gasteiger partial charge in [-0.2, -0.15) is 0 Å². The average Bonchev–Trinajstić information content (AvgIpc) is 3.09. The van der Waals surface area contributed by atoms with Crippen LogP contribution in [0.3, 0.4) is 0 Å². The van der Waals surface area contributed by atoms with E-state index in [0.717, 1.165) is 25.6 Å². The van der Waals surface area contributed by atoms with Gasteiger partial charge in [0.1, 0.15) is 0 Å². The molecule has 21 heavy (non-hydrogen) atoms. The minimum absolute atomic E-state index is 0.530. The zero-order valence-electron chi connectivity index (χ0n) is 14.1. The third-order valence-corrected chi connectivity index (χ3v) is 5.41. The van der Waals surface area contributed by atoms with Crippen LogP contribution >= 0.6 is 11.3 Å². The third-order valence-electron chi connectivity index (χ3n) is 4.28. The lowest BCUT2D eigenvalue weighted by Crippen LogP contribution is -2.32. The van der Waals surface area contributed by atoms with Gasteiger partial charge in [0.2, 0.25) is 0 Å². The van der Waals surface area contributed by atoms with Crippen molar-refractivity contribution in [2.75, 3.05) is 11.4 Å². The lowest BCUT2D eigenvalue weighted by atomic mass is 10.2. The van der Waals surface area contributed by atoms with E-state index in [4.69, 9.17) is 4.98 Å². The van der Waals surface area contributed by atoms with Crippen molar-refractivity contribution < 1.29 is 0 Å². The predicted molar refractivity (Wildman–Crippen MR) is 93.4 cm³/mol. The Morgan fingerprint density at radius 2 is 2.00 bits per heavy atom. The topological polar surface area (TPSA) is 28.2 Å². The lowest BCUT2D eigenvalue weighted by Gasteiger charge is -2.26. The molecule has 0 saturated heterocycles. The molecule has 0 unspecified atom stereocenters. The maximum Gasteiger partial charge on any atom is 0.186 e. The minimum Gasteiger partial charge on any atom is -0.345 e. The fourth-order valence-corrected chi connectivity index (χ4v) is 4.32. The SMILES string of the molecule is CCCc1nc(N(CC)C2CCCC2)sc1CNC(C)C. The number of hydrogen-bond donors (Lipinski definition) is 1. The number of hydrogen-bond acceptors (Lipinski definition) is 4. The molecule has 4 heteroatoms. The van der Waals surface area contributed by atoms with Gasteiger partial charge in [0.25, 0.3) is 0 Å². The van der Waals surface area contributed by atoms with Crippen LogP contribution in [-0.4, -0.2) is 23.6 Å². The first-order chi connectivity index (χ1) is 10.2. The van der Waals surface area contributed by atoms with E-state index in [-0.39, 0.29) is 0 Å². The summed E-state index contributed by atoms with van der Waals surface area (Å²) in [4.78, 5) is 8.99. The van der Waals surface area contributed by atoms with E-state index >= 15 is 0 Å². The molecule has 0 aromatic carbocycles. The van der Waals surface area contributed by atoms with E-state index in [1.165, 1.54) is 47.8 Å². The van der Waals surface area contributed by atoms with Gasteiger partial charge in [-0.3, -0.25) is 0 Å². The summed E-state index contributed by atoms with van der Waals surface area (Å²) >= 11 is 1.91. The molecule has 3 nitrogen and oxygen atoms in total. The van der Waals surface area contributed by atoms with Crippen LogP contribution in [0.2, 0.25) is 0 Å². The molecule has 120 valence electrons. The second-order valence-corrected chi connectivity index (χ2v) is 7.44. The summed E-state index contributed by atoms with van der Waals surface area (Å²) in [6.07, 6.45) is 7.74. The molecule has 0 aliphatic heterocycles. The summed E-state index contributed by atoms with van der Waals surface area (Å²) in [5.74, 6) is 0. The van der Waals surface area contributed by atoms with Gasteiger partial charge in [0.05, 0.1) is 5.69 Å². The van der Waals surface area contributed by atoms with Crippen LogP contribution in [0, 0.1) is 0 Å². The van der Waals surface area contributed by atoms with Crippen LogP contribution in [0.5, 0.6) is 0 Å². The fraction of sp³-hybridized carbons (Fsp3) is 0.824. The van der Waals surface area contributed by atoms with E-state index in [1.54, 1.807) is 0 Å². The van der Waals surface area contributed by atoms with Crippen molar-refractivity contribution >= 4 is 16.5 Å². The van der Waals surface area contributed by atoms with Crippen molar-refractivity contribution in [3.8, 4) is 0 Å². The highest BCUT2D eigenvalue weighted by atomic mass is 32.1. The number of nitrogens with one attached hydrogen (secondary N) is 1. The van der Waals surface area contributed by atoms with Gasteiger partial charge in [-0.05, 0) is 26.2 Å². The van der Waals surface area contributed by atoms with Crippen molar-refractivity contribution in [1.82, 2.24) is 10.3 Å². The molecule has 0 spiro atoms. The van der Waals surface area contributed by atoms with Crippen LogP contribution < -0.4 is 10.2 Å². The van der Waals surface area contributed by atoms with E-state index in [2.05, 4.69) is 37.9 Å². The monoisotopic (exact) mass is 309 g/mol. The summed E-state index contributed by atoms with van der Waals surface area (Å²) in [7, 11) is 0. The molecule has 2 rings (SSSR count). The number of rotatable bonds is 8. The van der Waals surface area contributed by atoms with Gasteiger partial charge in [-0.15, -0.1) is 11.3 Å². The zero-order chi connectivity index (χ0) is 15.2. The van der Waals surface area contributed by atoms with E-state index < -0.39 is 0 Å². The first kappa shape index (κ1) is 16.8. The molecular weight excluding hydrogens is 278 g/mol. The number of aryl methyl sites for hydroxylation is 1. The van der Waals surface area contributed by atoms with E-state index in [0.29, 0.717) is 6.04 Å². The Morgan fingerprint density at radius 3 is 2.57 bits per heavy atom. The standard InChI is InChI=1S/C17H31N3S/c1-5-9-15-16(12-18-13(3)4)21-17(19-15)20(6-2)14-10-7-8-11-14/h13-14,18H,5-12H2,1-4H3. The Morgan fingerprint density at radius 1 is 1.29 bits per heavy atom. The smallest absolute Gasteiger partial charge is 0.186 e. The number of thiazole rings is 1. The normalized spacial score (nSPS) is 16.0. The van der Waals surface area contributed by atoms with Gasteiger partial charge in [-0.1, -0.05) is 40.0 Å². The highest BCUT2D eigenvalue weighted by molar-refractivity contribution is 7.15. The number of anilines is 1. The Kier molecular flexibility index (Phi) is 6.49. The molecule has 0 atom stereocenters. The Hall–Kier alpha value is -0.610. The first-order valence-electron chi connectivity index (χ1n) is 8.64. The summed E-state index contributed by atoms with van der Waals surface area (Å²) in [6.45, 7) is 11.0. The second kappa shape index (κ2) is 8.14. The van der Waals surface area contributed by atoms with Gasteiger partial charge in [-0.25, -0.2) is 4.98 Å². The van der Waals surface area contributed by atoms with Gasteiger partial charge >= 0.3 is 0 Å². The fourth-order valence-electron chi connectivity index (χ4n) is 3.13. The van der Waals surface area contributed by atoms with Crippen molar-refractivity contribution in [1.29, 1.82) is 0 Å². The molecule has 1 N–H and O–H groups in total. The molecule has 1 aliphatic carbocycles. The molecule has 1 heterocycles. The molecule has 1 aliphatic rings. The predicted octanol–water partition coefficient (Wildman–Crippen LogP) is 4.36. The Bertz CT molecular complexity index is 422. The van der Waals surface area contributed by atoms with Gasteiger partial charge < -0.3 is 10.2 Å². The van der Waals surface area contributed by atoms with Crippen LogP contribution in [0.15, 0.2) is 0 Å². The van der Waals surface area contributed by atoms with Crippen molar-refractivity contribution in [2.24, 2.45) is 0 Å². The van der Waals surface area contributed by atoms with Gasteiger partial charge in [0.15, 0.2) is 5.13 Å². The molecule has 1 fully saturated rings. The number of aromatic nitrogens is 1. The van der Waals surface area contributed by atoms with Gasteiger partial charge in [0, 0.05) is 30.1 Å². The van der Waals surface area contributed by atoms with Crippen LogP contribution in [0.25, 0.3) is 0 Å². The zero-order valence-corrected chi connectivity index (χ0v) is 14.9. The van der Waals surface area contributed by atoms with Crippen LogP contribution in [-0.2, 0) is 13.0 Å². The maximum atomic E-state index is 5.00. The largest absolute Gasteiger partial charge is 0.345 e. The first-order valence-corrected chi connectivity index (χ1v) is 9.45. The van der Waals surface area contributed by atoms with Crippen molar-refractivity contribution in [3.63, 3.8) is 0 Å². The Balaban J connectivity index is 2.15. The maximum absolute atomic E-state index is 5.00. The molecule has 1 saturated carbocycles. The molecular formula is C17H31N3S. The van der Waals surface area contributed by atoms with E-state index in [9.17, 15) is 0 Å². The lowest BCUT2D eigenvalue weighted by molar-refractivity contribution is 0.589. The minimum atomic E-state index is 0.530. The van der Waals surface area contributed by atoms with Crippen LogP contribution in [0.4, 0.5) is 5.13 Å². The summed E-state index contributed by atoms with van der Waals surface area (Å²) in [5.41, 5.74) is 1.32. The number of nitrogens with zero attached hydrogens (tertiary/aromatic N) is 2. The highest BCUT2D eigenvalue weighted by Crippen LogP contribution is 2.33. The van der Waals surface area contributed by atoms with E-state index in [1.807, 2.05) is 11.3 Å². The summed E-state index contributed by atoms with van der Waals surface area (Å²) in [5, 5.41) is 4.81. The quantitative estimate of drug-likeness (QED) is 0.773. The molecule has 0 bridgehead atoms. The summed E-state index contributed by atoms with van der Waals surface area (Å²) < 4.78 is 0. The molecule has 1 aromatic rings. The van der Waals surface area contributed by atoms with Crippen molar-refractivity contribution in [3.05, 3.63) is 10.6 Å².